The summed E-state index contributed by atoms with van der Waals surface area (Å²) in [6, 6.07) is 3.79. The molecule has 0 aromatic carbocycles. The van der Waals surface area contributed by atoms with Gasteiger partial charge in [-0.15, -0.1) is 23.7 Å². The standard InChI is InChI=1S/C8H10OS.ClH/c1-2-4-7(9)8-5-3-6-10-8;/h3,5-6H,2,4H2,1H3;1H. The van der Waals surface area contributed by atoms with Crippen LogP contribution in [0, 0.1) is 0 Å². The van der Waals surface area contributed by atoms with Crippen LogP contribution in [0.4, 0.5) is 0 Å². The topological polar surface area (TPSA) is 17.1 Å². The van der Waals surface area contributed by atoms with Gasteiger partial charge in [-0.3, -0.25) is 4.79 Å². The molecular formula is C8H11ClOS. The molecule has 0 amide bonds. The van der Waals surface area contributed by atoms with Crippen molar-refractivity contribution in [1.29, 1.82) is 0 Å². The van der Waals surface area contributed by atoms with Gasteiger partial charge in [0.15, 0.2) is 5.78 Å². The van der Waals surface area contributed by atoms with E-state index in [1.54, 1.807) is 0 Å². The van der Waals surface area contributed by atoms with Gasteiger partial charge < -0.3 is 0 Å². The van der Waals surface area contributed by atoms with Crippen LogP contribution in [0.25, 0.3) is 0 Å². The minimum atomic E-state index is 0. The molecule has 62 valence electrons. The zero-order chi connectivity index (χ0) is 7.40. The highest BCUT2D eigenvalue weighted by Gasteiger charge is 2.03. The third-order valence-corrected chi connectivity index (χ3v) is 2.18. The first-order valence-corrected chi connectivity index (χ1v) is 4.29. The zero-order valence-corrected chi connectivity index (χ0v) is 8.00. The number of rotatable bonds is 3. The molecule has 1 heterocycles. The molecule has 0 radical (unpaired) electrons. The molecule has 1 aromatic rings. The van der Waals surface area contributed by atoms with E-state index in [4.69, 9.17) is 0 Å². The third-order valence-electron chi connectivity index (χ3n) is 1.27. The summed E-state index contributed by atoms with van der Waals surface area (Å²) in [7, 11) is 0. The lowest BCUT2D eigenvalue weighted by atomic mass is 10.2. The minimum Gasteiger partial charge on any atom is -0.293 e. The molecule has 0 aliphatic heterocycles. The quantitative estimate of drug-likeness (QED) is 0.670. The number of ketones is 1. The van der Waals surface area contributed by atoms with Gasteiger partial charge in [-0.05, 0) is 17.9 Å². The summed E-state index contributed by atoms with van der Waals surface area (Å²) in [4.78, 5) is 12.0. The SMILES string of the molecule is CCCC(=O)c1cccs1.Cl. The van der Waals surface area contributed by atoms with Gasteiger partial charge in [0, 0.05) is 6.42 Å². The summed E-state index contributed by atoms with van der Waals surface area (Å²) in [6.07, 6.45) is 1.62. The van der Waals surface area contributed by atoms with E-state index in [-0.39, 0.29) is 18.2 Å². The summed E-state index contributed by atoms with van der Waals surface area (Å²) >= 11 is 1.52. The Morgan fingerprint density at radius 2 is 2.36 bits per heavy atom. The Labute approximate surface area is 76.8 Å². The lowest BCUT2D eigenvalue weighted by Crippen LogP contribution is -1.92. The monoisotopic (exact) mass is 190 g/mol. The number of hydrogen-bond acceptors (Lipinski definition) is 2. The predicted molar refractivity (Wildman–Crippen MR) is 50.8 cm³/mol. The van der Waals surface area contributed by atoms with Gasteiger partial charge in [0.05, 0.1) is 4.88 Å². The Balaban J connectivity index is 0.000001000. The van der Waals surface area contributed by atoms with Crippen molar-refractivity contribution in [3.63, 3.8) is 0 Å². The second kappa shape index (κ2) is 5.33. The summed E-state index contributed by atoms with van der Waals surface area (Å²) in [5.74, 6) is 0.275. The molecule has 3 heteroatoms. The van der Waals surface area contributed by atoms with E-state index in [2.05, 4.69) is 0 Å². The van der Waals surface area contributed by atoms with Gasteiger partial charge in [-0.2, -0.15) is 0 Å². The molecule has 0 fully saturated rings. The molecule has 0 unspecified atom stereocenters. The minimum absolute atomic E-state index is 0. The fourth-order valence-electron chi connectivity index (χ4n) is 0.787. The summed E-state index contributed by atoms with van der Waals surface area (Å²) in [5, 5.41) is 1.93. The lowest BCUT2D eigenvalue weighted by molar-refractivity contribution is 0.0985. The van der Waals surface area contributed by atoms with Gasteiger partial charge in [-0.25, -0.2) is 0 Å². The van der Waals surface area contributed by atoms with E-state index in [1.807, 2.05) is 24.4 Å². The Morgan fingerprint density at radius 3 is 2.82 bits per heavy atom. The number of hydrogen-bond donors (Lipinski definition) is 0. The molecule has 0 bridgehead atoms. The van der Waals surface area contributed by atoms with Crippen molar-refractivity contribution in [2.24, 2.45) is 0 Å². The highest BCUT2D eigenvalue weighted by molar-refractivity contribution is 7.12. The zero-order valence-electron chi connectivity index (χ0n) is 6.37. The summed E-state index contributed by atoms with van der Waals surface area (Å²) in [6.45, 7) is 2.02. The molecule has 0 saturated heterocycles. The second-order valence-corrected chi connectivity index (χ2v) is 3.10. The molecule has 0 aliphatic carbocycles. The number of carbonyl (C=O) groups excluding carboxylic acids is 1. The fraction of sp³-hybridized carbons (Fsp3) is 0.375. The van der Waals surface area contributed by atoms with Crippen LogP contribution in [-0.4, -0.2) is 5.78 Å². The van der Waals surface area contributed by atoms with E-state index in [9.17, 15) is 4.79 Å². The summed E-state index contributed by atoms with van der Waals surface area (Å²) in [5.41, 5.74) is 0. The van der Waals surface area contributed by atoms with Gasteiger partial charge in [-0.1, -0.05) is 13.0 Å². The van der Waals surface area contributed by atoms with Crippen molar-refractivity contribution >= 4 is 29.5 Å². The van der Waals surface area contributed by atoms with Crippen LogP contribution in [0.15, 0.2) is 17.5 Å². The highest BCUT2D eigenvalue weighted by atomic mass is 35.5. The molecule has 1 nitrogen and oxygen atoms in total. The highest BCUT2D eigenvalue weighted by Crippen LogP contribution is 2.11. The van der Waals surface area contributed by atoms with Crippen molar-refractivity contribution in [3.8, 4) is 0 Å². The maximum absolute atomic E-state index is 11.1. The van der Waals surface area contributed by atoms with Gasteiger partial charge >= 0.3 is 0 Å². The fourth-order valence-corrected chi connectivity index (χ4v) is 1.48. The Kier molecular flexibility index (Phi) is 5.16. The maximum atomic E-state index is 11.1. The first-order chi connectivity index (χ1) is 4.84. The van der Waals surface area contributed by atoms with Crippen LogP contribution in [0.5, 0.6) is 0 Å². The van der Waals surface area contributed by atoms with Crippen molar-refractivity contribution in [1.82, 2.24) is 0 Å². The van der Waals surface area contributed by atoms with E-state index >= 15 is 0 Å². The molecule has 0 saturated carbocycles. The van der Waals surface area contributed by atoms with Crippen molar-refractivity contribution < 1.29 is 4.79 Å². The first kappa shape index (κ1) is 10.7. The van der Waals surface area contributed by atoms with Crippen LogP contribution in [-0.2, 0) is 0 Å². The third kappa shape index (κ3) is 3.04. The maximum Gasteiger partial charge on any atom is 0.172 e. The molecule has 0 aliphatic rings. The van der Waals surface area contributed by atoms with Crippen molar-refractivity contribution in [2.45, 2.75) is 19.8 Å². The predicted octanol–water partition coefficient (Wildman–Crippen LogP) is 3.15. The van der Waals surface area contributed by atoms with E-state index in [1.165, 1.54) is 11.3 Å². The van der Waals surface area contributed by atoms with E-state index in [0.29, 0.717) is 6.42 Å². The van der Waals surface area contributed by atoms with Crippen molar-refractivity contribution in [3.05, 3.63) is 22.4 Å². The average Bonchev–Trinajstić information content (AvgIpc) is 2.38. The van der Waals surface area contributed by atoms with Crippen LogP contribution in [0.2, 0.25) is 0 Å². The van der Waals surface area contributed by atoms with Crippen LogP contribution >= 0.6 is 23.7 Å². The average molecular weight is 191 g/mol. The molecular weight excluding hydrogens is 180 g/mol. The van der Waals surface area contributed by atoms with E-state index < -0.39 is 0 Å². The molecule has 1 aromatic heterocycles. The number of carbonyl (C=O) groups is 1. The molecule has 1 rings (SSSR count). The first-order valence-electron chi connectivity index (χ1n) is 3.41. The van der Waals surface area contributed by atoms with Gasteiger partial charge in [0.1, 0.15) is 0 Å². The summed E-state index contributed by atoms with van der Waals surface area (Å²) < 4.78 is 0. The second-order valence-electron chi connectivity index (χ2n) is 2.15. The molecule has 0 spiro atoms. The van der Waals surface area contributed by atoms with Crippen LogP contribution in [0.3, 0.4) is 0 Å². The number of thiophene rings is 1. The van der Waals surface area contributed by atoms with Crippen LogP contribution < -0.4 is 0 Å². The molecule has 0 N–H and O–H groups in total. The van der Waals surface area contributed by atoms with Gasteiger partial charge in [0.2, 0.25) is 0 Å². The van der Waals surface area contributed by atoms with E-state index in [0.717, 1.165) is 11.3 Å². The Hall–Kier alpha value is -0.340. The normalized spacial score (nSPS) is 8.82. The Bertz CT molecular complexity index is 206. The smallest absolute Gasteiger partial charge is 0.172 e. The molecule has 0 atom stereocenters. The van der Waals surface area contributed by atoms with Crippen LogP contribution in [0.1, 0.15) is 29.4 Å². The lowest BCUT2D eigenvalue weighted by Gasteiger charge is -1.90. The number of Topliss-reactive ketones (excluding diaryl/α,β-unsaturated/α-hetero) is 1. The number of halogens is 1. The molecule has 11 heavy (non-hydrogen) atoms. The Morgan fingerprint density at radius 1 is 1.64 bits per heavy atom. The largest absolute Gasteiger partial charge is 0.293 e. The van der Waals surface area contributed by atoms with Gasteiger partial charge in [0.25, 0.3) is 0 Å². The van der Waals surface area contributed by atoms with Crippen molar-refractivity contribution in [2.75, 3.05) is 0 Å².